The van der Waals surface area contributed by atoms with Gasteiger partial charge in [-0.15, -0.1) is 0 Å². The third kappa shape index (κ3) is 5.66. The van der Waals surface area contributed by atoms with Crippen molar-refractivity contribution < 1.29 is 0 Å². The van der Waals surface area contributed by atoms with Gasteiger partial charge in [0.1, 0.15) is 0 Å². The largest absolute Gasteiger partial charge is 0.363 e. The zero-order valence-electron chi connectivity index (χ0n) is 8.09. The van der Waals surface area contributed by atoms with E-state index in [-0.39, 0.29) is 0 Å². The van der Waals surface area contributed by atoms with Gasteiger partial charge in [0.15, 0.2) is 5.11 Å². The summed E-state index contributed by atoms with van der Waals surface area (Å²) in [6, 6.07) is 0. The quantitative estimate of drug-likeness (QED) is 0.687. The lowest BCUT2D eigenvalue weighted by molar-refractivity contribution is 0.526. The number of hydrogen-bond acceptors (Lipinski definition) is 2. The molecular formula is C8H18N2S2. The number of nitrogens with zero attached hydrogens (tertiary/aromatic N) is 1. The van der Waals surface area contributed by atoms with E-state index in [1.54, 1.807) is 0 Å². The molecule has 0 aliphatic heterocycles. The second-order valence-corrected chi connectivity index (χ2v) is 4.02. The highest BCUT2D eigenvalue weighted by Gasteiger charge is 2.00. The minimum atomic E-state index is 0.867. The Kier molecular flexibility index (Phi) is 7.70. The monoisotopic (exact) mass is 206 g/mol. The van der Waals surface area contributed by atoms with Crippen LogP contribution in [0, 0.1) is 0 Å². The standard InChI is InChI=1S/C8H18N2S2/c1-4-5-9-8(11)10(2)6-7-12-3/h4-7H2,1-3H3,(H,9,11). The molecule has 0 spiro atoms. The highest BCUT2D eigenvalue weighted by Crippen LogP contribution is 1.93. The molecule has 72 valence electrons. The van der Waals surface area contributed by atoms with Gasteiger partial charge in [0.2, 0.25) is 0 Å². The molecule has 0 rings (SSSR count). The topological polar surface area (TPSA) is 15.3 Å². The summed E-state index contributed by atoms with van der Waals surface area (Å²) in [6.07, 6.45) is 3.23. The maximum Gasteiger partial charge on any atom is 0.168 e. The van der Waals surface area contributed by atoms with Crippen molar-refractivity contribution >= 4 is 29.1 Å². The van der Waals surface area contributed by atoms with E-state index in [0.29, 0.717) is 0 Å². The summed E-state index contributed by atoms with van der Waals surface area (Å²) in [5, 5.41) is 4.06. The van der Waals surface area contributed by atoms with E-state index in [1.807, 2.05) is 18.8 Å². The minimum Gasteiger partial charge on any atom is -0.363 e. The second kappa shape index (κ2) is 7.68. The zero-order valence-corrected chi connectivity index (χ0v) is 9.73. The van der Waals surface area contributed by atoms with Crippen LogP contribution < -0.4 is 5.32 Å². The number of hydrogen-bond donors (Lipinski definition) is 1. The van der Waals surface area contributed by atoms with E-state index >= 15 is 0 Å². The molecule has 2 nitrogen and oxygen atoms in total. The first-order valence-electron chi connectivity index (χ1n) is 4.20. The van der Waals surface area contributed by atoms with E-state index in [2.05, 4.69) is 23.4 Å². The Morgan fingerprint density at radius 1 is 1.58 bits per heavy atom. The molecule has 0 saturated heterocycles. The van der Waals surface area contributed by atoms with Crippen molar-refractivity contribution in [2.75, 3.05) is 32.1 Å². The maximum atomic E-state index is 5.16. The Bertz CT molecular complexity index is 128. The summed E-state index contributed by atoms with van der Waals surface area (Å²) in [4.78, 5) is 2.08. The van der Waals surface area contributed by atoms with Crippen LogP contribution in [0.5, 0.6) is 0 Å². The summed E-state index contributed by atoms with van der Waals surface area (Å²) < 4.78 is 0. The lowest BCUT2D eigenvalue weighted by atomic mass is 10.5. The van der Waals surface area contributed by atoms with E-state index in [0.717, 1.165) is 30.4 Å². The molecule has 0 radical (unpaired) electrons. The molecule has 0 saturated carbocycles. The smallest absolute Gasteiger partial charge is 0.168 e. The van der Waals surface area contributed by atoms with Crippen molar-refractivity contribution in [3.05, 3.63) is 0 Å². The molecule has 0 heterocycles. The third-order valence-corrected chi connectivity index (χ3v) is 2.55. The molecule has 0 aromatic rings. The summed E-state index contributed by atoms with van der Waals surface area (Å²) in [7, 11) is 2.03. The molecule has 1 N–H and O–H groups in total. The summed E-state index contributed by atoms with van der Waals surface area (Å²) >= 11 is 7.00. The fourth-order valence-corrected chi connectivity index (χ4v) is 1.35. The van der Waals surface area contributed by atoms with E-state index in [4.69, 9.17) is 12.2 Å². The lowest BCUT2D eigenvalue weighted by Gasteiger charge is -2.20. The van der Waals surface area contributed by atoms with Crippen LogP contribution >= 0.6 is 24.0 Å². The van der Waals surface area contributed by atoms with Crippen molar-refractivity contribution in [3.63, 3.8) is 0 Å². The average molecular weight is 206 g/mol. The number of thioether (sulfide) groups is 1. The molecule has 0 bridgehead atoms. The van der Waals surface area contributed by atoms with Crippen molar-refractivity contribution in [1.82, 2.24) is 10.2 Å². The predicted octanol–water partition coefficient (Wildman–Crippen LogP) is 1.57. The predicted molar refractivity (Wildman–Crippen MR) is 61.9 cm³/mol. The molecule has 0 aliphatic carbocycles. The Balaban J connectivity index is 3.47. The molecular weight excluding hydrogens is 188 g/mol. The SMILES string of the molecule is CCCNC(=S)N(C)CCSC. The van der Waals surface area contributed by atoms with E-state index < -0.39 is 0 Å². The van der Waals surface area contributed by atoms with Crippen LogP contribution in [0.1, 0.15) is 13.3 Å². The molecule has 0 aliphatic rings. The van der Waals surface area contributed by atoms with Gasteiger partial charge < -0.3 is 10.2 Å². The molecule has 0 amide bonds. The van der Waals surface area contributed by atoms with Crippen molar-refractivity contribution in [2.45, 2.75) is 13.3 Å². The fraction of sp³-hybridized carbons (Fsp3) is 0.875. The van der Waals surface area contributed by atoms with Gasteiger partial charge in [0.25, 0.3) is 0 Å². The summed E-state index contributed by atoms with van der Waals surface area (Å²) in [5.41, 5.74) is 0. The molecule has 12 heavy (non-hydrogen) atoms. The van der Waals surface area contributed by atoms with Gasteiger partial charge in [-0.05, 0) is 24.9 Å². The number of nitrogens with one attached hydrogen (secondary N) is 1. The Morgan fingerprint density at radius 3 is 2.75 bits per heavy atom. The van der Waals surface area contributed by atoms with Crippen LogP contribution in [-0.4, -0.2) is 42.2 Å². The van der Waals surface area contributed by atoms with Crippen LogP contribution in [0.4, 0.5) is 0 Å². The van der Waals surface area contributed by atoms with E-state index in [1.165, 1.54) is 0 Å². The lowest BCUT2D eigenvalue weighted by Crippen LogP contribution is -2.38. The van der Waals surface area contributed by atoms with Gasteiger partial charge in [-0.2, -0.15) is 11.8 Å². The first kappa shape index (κ1) is 12.0. The Morgan fingerprint density at radius 2 is 2.25 bits per heavy atom. The third-order valence-electron chi connectivity index (χ3n) is 1.50. The molecule has 0 aromatic heterocycles. The normalized spacial score (nSPS) is 9.58. The highest BCUT2D eigenvalue weighted by atomic mass is 32.2. The van der Waals surface area contributed by atoms with E-state index in [9.17, 15) is 0 Å². The van der Waals surface area contributed by atoms with Gasteiger partial charge in [-0.3, -0.25) is 0 Å². The first-order chi connectivity index (χ1) is 5.72. The van der Waals surface area contributed by atoms with Crippen LogP contribution in [0.3, 0.4) is 0 Å². The molecule has 4 heteroatoms. The summed E-state index contributed by atoms with van der Waals surface area (Å²) in [5.74, 6) is 1.13. The Labute approximate surface area is 85.1 Å². The van der Waals surface area contributed by atoms with Crippen molar-refractivity contribution in [1.29, 1.82) is 0 Å². The van der Waals surface area contributed by atoms with Gasteiger partial charge in [0, 0.05) is 25.9 Å². The number of thiocarbonyl (C=S) groups is 1. The second-order valence-electron chi connectivity index (χ2n) is 2.65. The number of rotatable bonds is 5. The maximum absolute atomic E-state index is 5.16. The van der Waals surface area contributed by atoms with Crippen LogP contribution in [0.2, 0.25) is 0 Å². The minimum absolute atomic E-state index is 0.867. The average Bonchev–Trinajstić information content (AvgIpc) is 2.10. The highest BCUT2D eigenvalue weighted by molar-refractivity contribution is 7.98. The fourth-order valence-electron chi connectivity index (χ4n) is 0.697. The molecule has 0 fully saturated rings. The molecule has 0 unspecified atom stereocenters. The van der Waals surface area contributed by atoms with Crippen LogP contribution in [0.15, 0.2) is 0 Å². The van der Waals surface area contributed by atoms with Crippen molar-refractivity contribution in [2.24, 2.45) is 0 Å². The van der Waals surface area contributed by atoms with Gasteiger partial charge in [0.05, 0.1) is 0 Å². The van der Waals surface area contributed by atoms with Gasteiger partial charge >= 0.3 is 0 Å². The van der Waals surface area contributed by atoms with Crippen LogP contribution in [-0.2, 0) is 0 Å². The summed E-state index contributed by atoms with van der Waals surface area (Å²) in [6.45, 7) is 4.14. The van der Waals surface area contributed by atoms with Gasteiger partial charge in [-0.25, -0.2) is 0 Å². The molecule has 0 aromatic carbocycles. The zero-order chi connectivity index (χ0) is 9.40. The van der Waals surface area contributed by atoms with Gasteiger partial charge in [-0.1, -0.05) is 6.92 Å². The van der Waals surface area contributed by atoms with Crippen LogP contribution in [0.25, 0.3) is 0 Å². The Hall–Kier alpha value is 0.0400. The first-order valence-corrected chi connectivity index (χ1v) is 6.00. The molecule has 0 atom stereocenters. The van der Waals surface area contributed by atoms with Crippen molar-refractivity contribution in [3.8, 4) is 0 Å².